The van der Waals surface area contributed by atoms with Gasteiger partial charge in [-0.25, -0.2) is 0 Å². The van der Waals surface area contributed by atoms with Crippen LogP contribution in [0.1, 0.15) is 16.7 Å². The molecule has 0 amide bonds. The van der Waals surface area contributed by atoms with Gasteiger partial charge in [0.05, 0.1) is 11.6 Å². The van der Waals surface area contributed by atoms with E-state index in [1.54, 1.807) is 0 Å². The first-order valence-electron chi connectivity index (χ1n) is 8.74. The maximum atomic E-state index is 9.66. The fraction of sp³-hybridized carbons (Fsp3) is 0.0417. The van der Waals surface area contributed by atoms with Crippen LogP contribution in [-0.2, 0) is 6.54 Å². The molecule has 0 aliphatic rings. The Bertz CT molecular complexity index is 1150. The highest BCUT2D eigenvalue weighted by Crippen LogP contribution is 2.27. The first-order chi connectivity index (χ1) is 13.2. The van der Waals surface area contributed by atoms with Gasteiger partial charge in [0, 0.05) is 32.8 Å². The van der Waals surface area contributed by atoms with Crippen LogP contribution in [0.3, 0.4) is 0 Å². The standard InChI is InChI=1S/C24H17IN2/c25-22-12-10-18(11-13-22)16-27-17-21(23-8-4-5-9-24(23)27)14-20(15-26)19-6-2-1-3-7-19/h1-14,17H,16H2/b20-14-. The monoisotopic (exact) mass is 460 g/mol. The summed E-state index contributed by atoms with van der Waals surface area (Å²) in [5, 5.41) is 10.8. The lowest BCUT2D eigenvalue weighted by Gasteiger charge is -2.05. The van der Waals surface area contributed by atoms with Gasteiger partial charge in [-0.3, -0.25) is 0 Å². The second-order valence-corrected chi connectivity index (χ2v) is 7.64. The summed E-state index contributed by atoms with van der Waals surface area (Å²) in [5.41, 5.74) is 5.11. The average Bonchev–Trinajstić information content (AvgIpc) is 3.06. The van der Waals surface area contributed by atoms with Crippen LogP contribution in [0, 0.1) is 14.9 Å². The summed E-state index contributed by atoms with van der Waals surface area (Å²) < 4.78 is 3.49. The summed E-state index contributed by atoms with van der Waals surface area (Å²) in [4.78, 5) is 0. The minimum Gasteiger partial charge on any atom is -0.342 e. The molecular formula is C24H17IN2. The van der Waals surface area contributed by atoms with Crippen molar-refractivity contribution >= 4 is 45.1 Å². The lowest BCUT2D eigenvalue weighted by atomic mass is 10.0. The molecule has 0 fully saturated rings. The maximum Gasteiger partial charge on any atom is 0.0998 e. The van der Waals surface area contributed by atoms with Gasteiger partial charge < -0.3 is 4.57 Å². The first-order valence-corrected chi connectivity index (χ1v) is 9.82. The average molecular weight is 460 g/mol. The van der Waals surface area contributed by atoms with Gasteiger partial charge >= 0.3 is 0 Å². The van der Waals surface area contributed by atoms with Gasteiger partial charge in [-0.1, -0.05) is 60.7 Å². The van der Waals surface area contributed by atoms with Crippen molar-refractivity contribution < 1.29 is 0 Å². The van der Waals surface area contributed by atoms with Crippen molar-refractivity contribution in [2.45, 2.75) is 6.54 Å². The molecule has 1 heterocycles. The van der Waals surface area contributed by atoms with Crippen LogP contribution in [0.15, 0.2) is 85.1 Å². The number of aromatic nitrogens is 1. The molecule has 4 rings (SSSR count). The smallest absolute Gasteiger partial charge is 0.0998 e. The SMILES string of the molecule is N#C/C(=C/c1cn(Cc2ccc(I)cc2)c2ccccc12)c1ccccc1. The van der Waals surface area contributed by atoms with E-state index >= 15 is 0 Å². The maximum absolute atomic E-state index is 9.66. The van der Waals surface area contributed by atoms with Crippen molar-refractivity contribution in [3.05, 3.63) is 105 Å². The fourth-order valence-corrected chi connectivity index (χ4v) is 3.62. The number of allylic oxidation sites excluding steroid dienone is 1. The van der Waals surface area contributed by atoms with E-state index in [4.69, 9.17) is 0 Å². The van der Waals surface area contributed by atoms with E-state index < -0.39 is 0 Å². The molecule has 0 saturated heterocycles. The molecule has 2 nitrogen and oxygen atoms in total. The fourth-order valence-electron chi connectivity index (χ4n) is 3.26. The summed E-state index contributed by atoms with van der Waals surface area (Å²) in [6.07, 6.45) is 4.13. The molecule has 4 aromatic rings. The number of fused-ring (bicyclic) bond motifs is 1. The van der Waals surface area contributed by atoms with Crippen LogP contribution in [0.4, 0.5) is 0 Å². The lowest BCUT2D eigenvalue weighted by Crippen LogP contribution is -1.97. The van der Waals surface area contributed by atoms with Crippen LogP contribution in [0.2, 0.25) is 0 Å². The first kappa shape index (κ1) is 17.6. The largest absolute Gasteiger partial charge is 0.342 e. The van der Waals surface area contributed by atoms with E-state index in [2.05, 4.69) is 81.9 Å². The molecular weight excluding hydrogens is 443 g/mol. The minimum absolute atomic E-state index is 0.674. The van der Waals surface area contributed by atoms with Crippen molar-refractivity contribution in [2.75, 3.05) is 0 Å². The quantitative estimate of drug-likeness (QED) is 0.258. The third kappa shape index (κ3) is 3.81. The van der Waals surface area contributed by atoms with Gasteiger partial charge in [-0.05, 0) is 58.0 Å². The van der Waals surface area contributed by atoms with Crippen molar-refractivity contribution in [3.8, 4) is 6.07 Å². The molecule has 0 radical (unpaired) electrons. The van der Waals surface area contributed by atoms with Crippen LogP contribution >= 0.6 is 22.6 Å². The Morgan fingerprint density at radius 2 is 1.63 bits per heavy atom. The summed E-state index contributed by atoms with van der Waals surface area (Å²) in [5.74, 6) is 0. The van der Waals surface area contributed by atoms with E-state index in [-0.39, 0.29) is 0 Å². The third-order valence-electron chi connectivity index (χ3n) is 4.59. The number of halogens is 1. The molecule has 27 heavy (non-hydrogen) atoms. The van der Waals surface area contributed by atoms with E-state index in [9.17, 15) is 5.26 Å². The van der Waals surface area contributed by atoms with Gasteiger partial charge in [0.1, 0.15) is 0 Å². The number of hydrogen-bond donors (Lipinski definition) is 0. The number of hydrogen-bond acceptors (Lipinski definition) is 1. The lowest BCUT2D eigenvalue weighted by molar-refractivity contribution is 0.836. The normalized spacial score (nSPS) is 11.5. The number of para-hydroxylation sites is 1. The van der Waals surface area contributed by atoms with Gasteiger partial charge in [0.25, 0.3) is 0 Å². The minimum atomic E-state index is 0.674. The second kappa shape index (κ2) is 7.81. The molecule has 0 N–H and O–H groups in total. The summed E-state index contributed by atoms with van der Waals surface area (Å²) in [7, 11) is 0. The van der Waals surface area contributed by atoms with Crippen LogP contribution in [0.5, 0.6) is 0 Å². The molecule has 130 valence electrons. The molecule has 3 heteroatoms. The topological polar surface area (TPSA) is 28.7 Å². The molecule has 0 atom stereocenters. The van der Waals surface area contributed by atoms with E-state index in [0.717, 1.165) is 23.1 Å². The summed E-state index contributed by atoms with van der Waals surface area (Å²) >= 11 is 2.32. The van der Waals surface area contributed by atoms with Crippen molar-refractivity contribution in [3.63, 3.8) is 0 Å². The Balaban J connectivity index is 1.79. The number of nitriles is 1. The van der Waals surface area contributed by atoms with Crippen molar-refractivity contribution in [2.24, 2.45) is 0 Å². The molecule has 0 bridgehead atoms. The molecule has 0 saturated carbocycles. The second-order valence-electron chi connectivity index (χ2n) is 6.39. The van der Waals surface area contributed by atoms with Crippen LogP contribution in [-0.4, -0.2) is 4.57 Å². The van der Waals surface area contributed by atoms with E-state index in [0.29, 0.717) is 5.57 Å². The third-order valence-corrected chi connectivity index (χ3v) is 5.31. The van der Waals surface area contributed by atoms with Crippen molar-refractivity contribution in [1.29, 1.82) is 5.26 Å². The predicted molar refractivity (Wildman–Crippen MR) is 120 cm³/mol. The highest BCUT2D eigenvalue weighted by atomic mass is 127. The zero-order valence-corrected chi connectivity index (χ0v) is 16.8. The molecule has 1 aromatic heterocycles. The highest BCUT2D eigenvalue weighted by molar-refractivity contribution is 14.1. The number of rotatable bonds is 4. The Labute approximate surface area is 172 Å². The molecule has 0 aliphatic carbocycles. The number of benzene rings is 3. The summed E-state index contributed by atoms with van der Waals surface area (Å²) in [6, 6.07) is 29.1. The Kier molecular flexibility index (Phi) is 5.08. The molecule has 0 spiro atoms. The Morgan fingerprint density at radius 3 is 2.37 bits per heavy atom. The van der Waals surface area contributed by atoms with E-state index in [1.807, 2.05) is 42.5 Å². The Hall–Kier alpha value is -2.84. The zero-order chi connectivity index (χ0) is 18.6. The number of nitrogens with zero attached hydrogens (tertiary/aromatic N) is 2. The zero-order valence-electron chi connectivity index (χ0n) is 14.6. The van der Waals surface area contributed by atoms with Crippen molar-refractivity contribution in [1.82, 2.24) is 4.57 Å². The molecule has 0 aliphatic heterocycles. The van der Waals surface area contributed by atoms with Gasteiger partial charge in [-0.2, -0.15) is 5.26 Å². The molecule has 0 unspecified atom stereocenters. The van der Waals surface area contributed by atoms with Gasteiger partial charge in [0.15, 0.2) is 0 Å². The van der Waals surface area contributed by atoms with Gasteiger partial charge in [-0.15, -0.1) is 0 Å². The summed E-state index contributed by atoms with van der Waals surface area (Å²) in [6.45, 7) is 0.804. The predicted octanol–water partition coefficient (Wildman–Crippen LogP) is 6.36. The van der Waals surface area contributed by atoms with Gasteiger partial charge in [0.2, 0.25) is 0 Å². The highest BCUT2D eigenvalue weighted by Gasteiger charge is 2.09. The Morgan fingerprint density at radius 1 is 0.926 bits per heavy atom. The van der Waals surface area contributed by atoms with E-state index in [1.165, 1.54) is 14.7 Å². The van der Waals surface area contributed by atoms with Crippen LogP contribution in [0.25, 0.3) is 22.6 Å². The molecule has 3 aromatic carbocycles. The van der Waals surface area contributed by atoms with Crippen LogP contribution < -0.4 is 0 Å².